The topological polar surface area (TPSA) is 89.2 Å². The lowest BCUT2D eigenvalue weighted by molar-refractivity contribution is -0.272. The van der Waals surface area contributed by atoms with Crippen LogP contribution in [0.15, 0.2) is 121 Å². The third-order valence-electron chi connectivity index (χ3n) is 7.38. The van der Waals surface area contributed by atoms with Crippen LogP contribution in [-0.4, -0.2) is 43.0 Å². The molecule has 7 nitrogen and oxygen atoms in total. The number of amides is 1. The van der Waals surface area contributed by atoms with Gasteiger partial charge in [-0.15, -0.1) is 0 Å². The molecule has 4 aromatic rings. The van der Waals surface area contributed by atoms with Crippen molar-refractivity contribution in [2.45, 2.75) is 63.4 Å². The van der Waals surface area contributed by atoms with Gasteiger partial charge in [-0.2, -0.15) is 0 Å². The van der Waals surface area contributed by atoms with Crippen molar-refractivity contribution in [2.75, 3.05) is 6.61 Å². The zero-order valence-electron chi connectivity index (χ0n) is 24.2. The molecular formula is C36H39NO6. The molecule has 4 aromatic carbocycles. The highest BCUT2D eigenvalue weighted by atomic mass is 16.6. The van der Waals surface area contributed by atoms with Crippen LogP contribution in [0.25, 0.3) is 0 Å². The minimum absolute atomic E-state index is 0.0226. The van der Waals surface area contributed by atoms with Gasteiger partial charge in [-0.05, 0) is 22.3 Å². The minimum atomic E-state index is -0.649. The Balaban J connectivity index is 1.42. The van der Waals surface area contributed by atoms with Crippen LogP contribution in [0.2, 0.25) is 0 Å². The fraction of sp³-hybridized carbons (Fsp3) is 0.306. The average Bonchev–Trinajstić information content (AvgIpc) is 3.04. The van der Waals surface area contributed by atoms with Crippen molar-refractivity contribution in [3.8, 4) is 0 Å². The maximum Gasteiger partial charge on any atom is 0.220 e. The molecule has 0 aromatic heterocycles. The first-order chi connectivity index (χ1) is 21.2. The lowest BCUT2D eigenvalue weighted by Gasteiger charge is -2.46. The van der Waals surface area contributed by atoms with Gasteiger partial charge in [-0.1, -0.05) is 121 Å². The molecule has 1 aliphatic rings. The fourth-order valence-electron chi connectivity index (χ4n) is 5.25. The smallest absolute Gasteiger partial charge is 0.220 e. The maximum atomic E-state index is 12.3. The van der Waals surface area contributed by atoms with Gasteiger partial charge in [-0.3, -0.25) is 4.79 Å². The second-order valence-corrected chi connectivity index (χ2v) is 10.7. The van der Waals surface area contributed by atoms with Crippen molar-refractivity contribution in [1.29, 1.82) is 0 Å². The highest BCUT2D eigenvalue weighted by Gasteiger charge is 2.48. The maximum absolute atomic E-state index is 12.3. The molecule has 224 valence electrons. The molecule has 2 N–H and O–H groups in total. The molecule has 0 radical (unpaired) electrons. The van der Waals surface area contributed by atoms with E-state index in [0.29, 0.717) is 26.4 Å². The zero-order valence-corrected chi connectivity index (χ0v) is 24.2. The van der Waals surface area contributed by atoms with E-state index in [0.717, 1.165) is 22.3 Å². The van der Waals surface area contributed by atoms with Gasteiger partial charge in [0.2, 0.25) is 5.91 Å². The third-order valence-corrected chi connectivity index (χ3v) is 7.38. The molecule has 0 spiro atoms. The lowest BCUT2D eigenvalue weighted by atomic mass is 9.92. The van der Waals surface area contributed by atoms with Crippen LogP contribution in [0.4, 0.5) is 0 Å². The number of benzene rings is 4. The van der Waals surface area contributed by atoms with E-state index in [2.05, 4.69) is 0 Å². The van der Waals surface area contributed by atoms with Gasteiger partial charge >= 0.3 is 0 Å². The second kappa shape index (κ2) is 16.1. The first-order valence-electron chi connectivity index (χ1n) is 14.7. The summed E-state index contributed by atoms with van der Waals surface area (Å²) in [6.07, 6.45) is -2.95. The van der Waals surface area contributed by atoms with E-state index in [4.69, 9.17) is 29.4 Å². The molecule has 0 aliphatic carbocycles. The molecule has 1 amide bonds. The lowest BCUT2D eigenvalue weighted by Crippen LogP contribution is -2.61. The normalized spacial score (nSPS) is 21.8. The minimum Gasteiger partial charge on any atom is -0.374 e. The summed E-state index contributed by atoms with van der Waals surface area (Å²) in [7, 11) is 0. The Labute approximate surface area is 253 Å². The van der Waals surface area contributed by atoms with Crippen molar-refractivity contribution in [2.24, 2.45) is 5.73 Å². The summed E-state index contributed by atoms with van der Waals surface area (Å²) in [6, 6.07) is 39.8. The Bertz CT molecular complexity index is 1360. The Morgan fingerprint density at radius 1 is 0.535 bits per heavy atom. The van der Waals surface area contributed by atoms with Crippen LogP contribution < -0.4 is 5.73 Å². The van der Waals surface area contributed by atoms with Gasteiger partial charge in [0.1, 0.15) is 24.4 Å². The number of hydrogen-bond donors (Lipinski definition) is 1. The Morgan fingerprint density at radius 2 is 0.907 bits per heavy atom. The predicted molar refractivity (Wildman–Crippen MR) is 164 cm³/mol. The van der Waals surface area contributed by atoms with E-state index in [1.165, 1.54) is 0 Å². The highest BCUT2D eigenvalue weighted by molar-refractivity contribution is 5.74. The highest BCUT2D eigenvalue weighted by Crippen LogP contribution is 2.32. The molecule has 43 heavy (non-hydrogen) atoms. The summed E-state index contributed by atoms with van der Waals surface area (Å²) in [5.74, 6) is -0.479. The number of hydrogen-bond acceptors (Lipinski definition) is 6. The van der Waals surface area contributed by atoms with Crippen molar-refractivity contribution >= 4 is 5.91 Å². The molecule has 0 bridgehead atoms. The molecule has 5 rings (SSSR count). The van der Waals surface area contributed by atoms with Gasteiger partial charge in [-0.25, -0.2) is 0 Å². The van der Waals surface area contributed by atoms with Crippen molar-refractivity contribution < 1.29 is 28.5 Å². The monoisotopic (exact) mass is 581 g/mol. The van der Waals surface area contributed by atoms with Crippen LogP contribution in [0, 0.1) is 0 Å². The van der Waals surface area contributed by atoms with Crippen LogP contribution in [-0.2, 0) is 54.9 Å². The molecule has 1 heterocycles. The van der Waals surface area contributed by atoms with E-state index in [1.54, 1.807) is 0 Å². The number of ether oxygens (including phenoxy) is 5. The average molecular weight is 582 g/mol. The standard InChI is InChI=1S/C36H39NO6/c37-33(38)21-31-34(40-23-28-15-7-2-8-16-28)36(42-25-30-19-11-4-12-20-30)35(41-24-29-17-9-3-10-18-29)32(43-31)26-39-22-27-13-5-1-6-14-27/h1-20,31-32,34-36H,21-26H2,(H2,37,38). The largest absolute Gasteiger partial charge is 0.374 e. The molecule has 1 fully saturated rings. The number of nitrogens with two attached hydrogens (primary N) is 1. The molecule has 5 unspecified atom stereocenters. The second-order valence-electron chi connectivity index (χ2n) is 10.7. The molecular weight excluding hydrogens is 542 g/mol. The number of carbonyl (C=O) groups excluding carboxylic acids is 1. The first-order valence-corrected chi connectivity index (χ1v) is 14.7. The Morgan fingerprint density at radius 3 is 1.33 bits per heavy atom. The zero-order chi connectivity index (χ0) is 29.7. The fourth-order valence-corrected chi connectivity index (χ4v) is 5.25. The summed E-state index contributed by atoms with van der Waals surface area (Å²) in [5, 5.41) is 0. The molecule has 0 saturated carbocycles. The van der Waals surface area contributed by atoms with Crippen LogP contribution in [0.3, 0.4) is 0 Å². The Hall–Kier alpha value is -3.85. The van der Waals surface area contributed by atoms with Crippen LogP contribution in [0.5, 0.6) is 0 Å². The Kier molecular flexibility index (Phi) is 11.5. The van der Waals surface area contributed by atoms with Gasteiger partial charge in [0.25, 0.3) is 0 Å². The van der Waals surface area contributed by atoms with E-state index >= 15 is 0 Å². The number of rotatable bonds is 15. The summed E-state index contributed by atoms with van der Waals surface area (Å²) in [5.41, 5.74) is 9.80. The van der Waals surface area contributed by atoms with Gasteiger partial charge in [0, 0.05) is 0 Å². The quantitative estimate of drug-likeness (QED) is 0.197. The van der Waals surface area contributed by atoms with Gasteiger partial charge in [0.15, 0.2) is 0 Å². The summed E-state index contributed by atoms with van der Waals surface area (Å²) in [6.45, 7) is 1.65. The summed E-state index contributed by atoms with van der Waals surface area (Å²) < 4.78 is 32.5. The van der Waals surface area contributed by atoms with Crippen molar-refractivity contribution in [3.05, 3.63) is 144 Å². The molecule has 5 atom stereocenters. The van der Waals surface area contributed by atoms with Gasteiger partial charge < -0.3 is 29.4 Å². The number of primary amides is 1. The van der Waals surface area contributed by atoms with Crippen molar-refractivity contribution in [1.82, 2.24) is 0 Å². The molecule has 1 aliphatic heterocycles. The molecule has 1 saturated heterocycles. The van der Waals surface area contributed by atoms with Crippen LogP contribution >= 0.6 is 0 Å². The van der Waals surface area contributed by atoms with Crippen molar-refractivity contribution in [3.63, 3.8) is 0 Å². The van der Waals surface area contributed by atoms with E-state index in [9.17, 15) is 4.79 Å². The summed E-state index contributed by atoms with van der Waals surface area (Å²) >= 11 is 0. The SMILES string of the molecule is NC(=O)CC1OC(COCc2ccccc2)C(OCc2ccccc2)C(OCc2ccccc2)C1OCc1ccccc1. The van der Waals surface area contributed by atoms with E-state index < -0.39 is 36.4 Å². The van der Waals surface area contributed by atoms with Gasteiger partial charge in [0.05, 0.1) is 45.6 Å². The van der Waals surface area contributed by atoms with E-state index in [-0.39, 0.29) is 13.0 Å². The number of carbonyl (C=O) groups is 1. The molecule has 7 heteroatoms. The summed E-state index contributed by atoms with van der Waals surface area (Å²) in [4.78, 5) is 12.3. The van der Waals surface area contributed by atoms with E-state index in [1.807, 2.05) is 121 Å². The third kappa shape index (κ3) is 9.32. The van der Waals surface area contributed by atoms with Crippen LogP contribution in [0.1, 0.15) is 28.7 Å². The predicted octanol–water partition coefficient (Wildman–Crippen LogP) is 5.60. The first kappa shape index (κ1) is 30.6.